The Morgan fingerprint density at radius 3 is 2.81 bits per heavy atom. The maximum Gasteiger partial charge on any atom is 0.268 e. The maximum absolute atomic E-state index is 11.5. The molecule has 2 heterocycles. The van der Waals surface area contributed by atoms with Crippen molar-refractivity contribution in [2.75, 3.05) is 0 Å². The lowest BCUT2D eigenvalue weighted by molar-refractivity contribution is 0.427. The second kappa shape index (κ2) is 4.73. The Labute approximate surface area is 105 Å². The van der Waals surface area contributed by atoms with Crippen LogP contribution in [-0.2, 0) is 13.0 Å². The molecule has 0 N–H and O–H groups in total. The molecule has 0 bridgehead atoms. The van der Waals surface area contributed by atoms with Crippen molar-refractivity contribution in [3.63, 3.8) is 0 Å². The molecular formula is C9H9IN4O2. The van der Waals surface area contributed by atoms with Crippen LogP contribution in [0.4, 0.5) is 0 Å². The summed E-state index contributed by atoms with van der Waals surface area (Å²) in [4.78, 5) is 11.5. The Balaban J connectivity index is 2.23. The standard InChI is InChI=1S/C9H9IN4O2/c1-2-7-12-13-8(16-7)5-14-9(15)3-6(10)4-11-14/h3-4H,2,5H2,1H3. The number of aromatic nitrogens is 4. The molecule has 0 saturated heterocycles. The molecule has 7 heteroatoms. The molecule has 0 unspecified atom stereocenters. The second-order valence-corrected chi connectivity index (χ2v) is 4.36. The molecule has 16 heavy (non-hydrogen) atoms. The van der Waals surface area contributed by atoms with E-state index < -0.39 is 0 Å². The summed E-state index contributed by atoms with van der Waals surface area (Å²) in [5, 5.41) is 11.6. The minimum atomic E-state index is -0.178. The van der Waals surface area contributed by atoms with E-state index in [-0.39, 0.29) is 12.1 Å². The zero-order valence-electron chi connectivity index (χ0n) is 8.55. The predicted molar refractivity (Wildman–Crippen MR) is 64.0 cm³/mol. The summed E-state index contributed by atoms with van der Waals surface area (Å²) in [6, 6.07) is 1.50. The molecule has 0 aromatic carbocycles. The van der Waals surface area contributed by atoms with Gasteiger partial charge < -0.3 is 4.42 Å². The lowest BCUT2D eigenvalue weighted by Crippen LogP contribution is -2.22. The van der Waals surface area contributed by atoms with Crippen molar-refractivity contribution in [3.05, 3.63) is 38.0 Å². The van der Waals surface area contributed by atoms with Crippen LogP contribution in [0, 0.1) is 3.57 Å². The fourth-order valence-corrected chi connectivity index (χ4v) is 1.54. The van der Waals surface area contributed by atoms with Gasteiger partial charge in [-0.3, -0.25) is 4.79 Å². The lowest BCUT2D eigenvalue weighted by atomic mass is 10.5. The number of hydrogen-bond acceptors (Lipinski definition) is 5. The molecule has 0 spiro atoms. The van der Waals surface area contributed by atoms with E-state index in [9.17, 15) is 4.79 Å². The van der Waals surface area contributed by atoms with Crippen molar-refractivity contribution in [2.45, 2.75) is 19.9 Å². The fraction of sp³-hybridized carbons (Fsp3) is 0.333. The molecule has 2 aromatic rings. The molecular weight excluding hydrogens is 323 g/mol. The molecule has 0 saturated carbocycles. The average Bonchev–Trinajstić information content (AvgIpc) is 2.70. The number of aryl methyl sites for hydroxylation is 1. The molecule has 0 aliphatic rings. The van der Waals surface area contributed by atoms with Gasteiger partial charge in [0, 0.05) is 16.1 Å². The lowest BCUT2D eigenvalue weighted by Gasteiger charge is -1.99. The molecule has 0 radical (unpaired) electrons. The normalized spacial score (nSPS) is 10.6. The van der Waals surface area contributed by atoms with E-state index in [1.165, 1.54) is 10.7 Å². The number of nitrogens with zero attached hydrogens (tertiary/aromatic N) is 4. The van der Waals surface area contributed by atoms with E-state index in [1.807, 2.05) is 29.5 Å². The van der Waals surface area contributed by atoms with Gasteiger partial charge in [-0.1, -0.05) is 6.92 Å². The summed E-state index contributed by atoms with van der Waals surface area (Å²) in [7, 11) is 0. The van der Waals surface area contributed by atoms with E-state index >= 15 is 0 Å². The van der Waals surface area contributed by atoms with Crippen LogP contribution in [0.2, 0.25) is 0 Å². The first-order valence-electron chi connectivity index (χ1n) is 4.73. The van der Waals surface area contributed by atoms with Crippen LogP contribution in [-0.4, -0.2) is 20.0 Å². The molecule has 2 aromatic heterocycles. The summed E-state index contributed by atoms with van der Waals surface area (Å²) >= 11 is 2.04. The van der Waals surface area contributed by atoms with Crippen LogP contribution >= 0.6 is 22.6 Å². The Hall–Kier alpha value is -1.25. The molecule has 0 aliphatic carbocycles. The minimum absolute atomic E-state index is 0.178. The third kappa shape index (κ3) is 2.46. The Kier molecular flexibility index (Phi) is 3.32. The highest BCUT2D eigenvalue weighted by molar-refractivity contribution is 14.1. The van der Waals surface area contributed by atoms with Gasteiger partial charge in [0.25, 0.3) is 5.56 Å². The van der Waals surface area contributed by atoms with E-state index in [2.05, 4.69) is 15.3 Å². The van der Waals surface area contributed by atoms with Crippen molar-refractivity contribution in [1.29, 1.82) is 0 Å². The van der Waals surface area contributed by atoms with E-state index in [1.54, 1.807) is 6.20 Å². The molecule has 0 aliphatic heterocycles. The third-order valence-electron chi connectivity index (χ3n) is 1.93. The van der Waals surface area contributed by atoms with Crippen molar-refractivity contribution >= 4 is 22.6 Å². The third-order valence-corrected chi connectivity index (χ3v) is 2.52. The van der Waals surface area contributed by atoms with Gasteiger partial charge in [0.1, 0.15) is 6.54 Å². The van der Waals surface area contributed by atoms with Crippen molar-refractivity contribution < 1.29 is 4.42 Å². The van der Waals surface area contributed by atoms with Gasteiger partial charge in [-0.25, -0.2) is 4.68 Å². The number of hydrogen-bond donors (Lipinski definition) is 0. The minimum Gasteiger partial charge on any atom is -0.423 e. The van der Waals surface area contributed by atoms with Crippen LogP contribution in [0.15, 0.2) is 21.5 Å². The van der Waals surface area contributed by atoms with Crippen LogP contribution < -0.4 is 5.56 Å². The number of halogens is 1. The predicted octanol–water partition coefficient (Wildman–Crippen LogP) is 0.842. The summed E-state index contributed by atoms with van der Waals surface area (Å²) in [6.07, 6.45) is 2.29. The highest BCUT2D eigenvalue weighted by atomic mass is 127. The number of rotatable bonds is 3. The van der Waals surface area contributed by atoms with Crippen molar-refractivity contribution in [3.8, 4) is 0 Å². The Morgan fingerprint density at radius 1 is 1.44 bits per heavy atom. The van der Waals surface area contributed by atoms with Gasteiger partial charge in [-0.15, -0.1) is 10.2 Å². The van der Waals surface area contributed by atoms with Crippen LogP contribution in [0.1, 0.15) is 18.7 Å². The maximum atomic E-state index is 11.5. The summed E-state index contributed by atoms with van der Waals surface area (Å²) < 4.78 is 7.39. The van der Waals surface area contributed by atoms with Gasteiger partial charge >= 0.3 is 0 Å². The quantitative estimate of drug-likeness (QED) is 0.779. The van der Waals surface area contributed by atoms with Crippen molar-refractivity contribution in [2.24, 2.45) is 0 Å². The van der Waals surface area contributed by atoms with E-state index in [4.69, 9.17) is 4.42 Å². The van der Waals surface area contributed by atoms with Crippen LogP contribution in [0.3, 0.4) is 0 Å². The van der Waals surface area contributed by atoms with Gasteiger partial charge in [-0.2, -0.15) is 5.10 Å². The van der Waals surface area contributed by atoms with E-state index in [0.29, 0.717) is 18.2 Å². The van der Waals surface area contributed by atoms with Gasteiger partial charge in [-0.05, 0) is 22.6 Å². The average molecular weight is 332 g/mol. The summed E-state index contributed by atoms with van der Waals surface area (Å²) in [5.41, 5.74) is -0.178. The van der Waals surface area contributed by atoms with Crippen LogP contribution in [0.5, 0.6) is 0 Å². The first kappa shape index (κ1) is 11.2. The highest BCUT2D eigenvalue weighted by Gasteiger charge is 2.06. The first-order chi connectivity index (χ1) is 7.69. The van der Waals surface area contributed by atoms with Gasteiger partial charge in [0.2, 0.25) is 11.8 Å². The molecule has 6 nitrogen and oxygen atoms in total. The SMILES string of the molecule is CCc1nnc(Cn2ncc(I)cc2=O)o1. The molecule has 84 valence electrons. The largest absolute Gasteiger partial charge is 0.423 e. The van der Waals surface area contributed by atoms with Gasteiger partial charge in [0.05, 0.1) is 6.20 Å². The fourth-order valence-electron chi connectivity index (χ4n) is 1.15. The Morgan fingerprint density at radius 2 is 2.19 bits per heavy atom. The molecule has 0 atom stereocenters. The Bertz CT molecular complexity index is 548. The molecule has 0 fully saturated rings. The van der Waals surface area contributed by atoms with Gasteiger partial charge in [0.15, 0.2) is 0 Å². The topological polar surface area (TPSA) is 73.8 Å². The monoisotopic (exact) mass is 332 g/mol. The van der Waals surface area contributed by atoms with Crippen molar-refractivity contribution in [1.82, 2.24) is 20.0 Å². The summed E-state index contributed by atoms with van der Waals surface area (Å²) in [5.74, 6) is 0.959. The summed E-state index contributed by atoms with van der Waals surface area (Å²) in [6.45, 7) is 2.13. The van der Waals surface area contributed by atoms with Crippen LogP contribution in [0.25, 0.3) is 0 Å². The highest BCUT2D eigenvalue weighted by Crippen LogP contribution is 2.02. The molecule has 0 amide bonds. The zero-order chi connectivity index (χ0) is 11.5. The zero-order valence-corrected chi connectivity index (χ0v) is 10.7. The second-order valence-electron chi connectivity index (χ2n) is 3.11. The smallest absolute Gasteiger partial charge is 0.268 e. The van der Waals surface area contributed by atoms with E-state index in [0.717, 1.165) is 3.57 Å². The first-order valence-corrected chi connectivity index (χ1v) is 5.81. The molecule has 2 rings (SSSR count).